The summed E-state index contributed by atoms with van der Waals surface area (Å²) in [5, 5.41) is 0. The van der Waals surface area contributed by atoms with E-state index in [2.05, 4.69) is 0 Å². The molecule has 3 heterocycles. The zero-order chi connectivity index (χ0) is 16.7. The molecule has 2 saturated heterocycles. The average molecular weight is 326 g/mol. The summed E-state index contributed by atoms with van der Waals surface area (Å²) in [6.07, 6.45) is 9.86. The van der Waals surface area contributed by atoms with Gasteiger partial charge in [-0.3, -0.25) is 19.3 Å². The maximum atomic E-state index is 12.5. The first-order valence-electron chi connectivity index (χ1n) is 8.17. The van der Waals surface area contributed by atoms with E-state index in [0.29, 0.717) is 31.7 Å². The van der Waals surface area contributed by atoms with Crippen LogP contribution < -0.4 is 0 Å². The SMILES string of the molecule is O=C(C=Cc1ccco1)N1CC(N2C(=O)C3CC=CCC3C2=O)C1. The van der Waals surface area contributed by atoms with Crippen molar-refractivity contribution in [3.05, 3.63) is 42.4 Å². The molecule has 1 aliphatic carbocycles. The molecule has 2 atom stereocenters. The van der Waals surface area contributed by atoms with E-state index in [1.54, 1.807) is 29.4 Å². The Kier molecular flexibility index (Phi) is 3.59. The number of hydrogen-bond acceptors (Lipinski definition) is 4. The molecular formula is C18H18N2O4. The molecule has 1 aromatic heterocycles. The molecule has 2 unspecified atom stereocenters. The molecule has 0 bridgehead atoms. The number of fused-ring (bicyclic) bond motifs is 1. The Balaban J connectivity index is 1.36. The Morgan fingerprint density at radius 1 is 1.12 bits per heavy atom. The second kappa shape index (κ2) is 5.78. The molecular weight excluding hydrogens is 308 g/mol. The van der Waals surface area contributed by atoms with Crippen LogP contribution in [0.2, 0.25) is 0 Å². The lowest BCUT2D eigenvalue weighted by Gasteiger charge is -2.42. The highest BCUT2D eigenvalue weighted by atomic mass is 16.3. The van der Waals surface area contributed by atoms with Gasteiger partial charge in [0.2, 0.25) is 17.7 Å². The van der Waals surface area contributed by atoms with Crippen LogP contribution >= 0.6 is 0 Å². The van der Waals surface area contributed by atoms with Crippen molar-refractivity contribution < 1.29 is 18.8 Å². The molecule has 24 heavy (non-hydrogen) atoms. The molecule has 3 aliphatic rings. The van der Waals surface area contributed by atoms with Gasteiger partial charge < -0.3 is 9.32 Å². The first-order valence-corrected chi connectivity index (χ1v) is 8.17. The number of hydrogen-bond donors (Lipinski definition) is 0. The summed E-state index contributed by atoms with van der Waals surface area (Å²) in [5.74, 6) is -0.0740. The van der Waals surface area contributed by atoms with Crippen molar-refractivity contribution in [2.24, 2.45) is 11.8 Å². The summed E-state index contributed by atoms with van der Waals surface area (Å²) in [4.78, 5) is 40.1. The molecule has 4 rings (SSSR count). The van der Waals surface area contributed by atoms with Crippen LogP contribution in [0.25, 0.3) is 6.08 Å². The zero-order valence-corrected chi connectivity index (χ0v) is 13.1. The van der Waals surface area contributed by atoms with Crippen molar-refractivity contribution in [1.29, 1.82) is 0 Å². The van der Waals surface area contributed by atoms with Crippen molar-refractivity contribution in [3.63, 3.8) is 0 Å². The van der Waals surface area contributed by atoms with Crippen molar-refractivity contribution in [2.45, 2.75) is 18.9 Å². The molecule has 0 spiro atoms. The number of nitrogens with zero attached hydrogens (tertiary/aromatic N) is 2. The number of imide groups is 1. The van der Waals surface area contributed by atoms with Gasteiger partial charge >= 0.3 is 0 Å². The minimum Gasteiger partial charge on any atom is -0.465 e. The van der Waals surface area contributed by atoms with Gasteiger partial charge in [-0.05, 0) is 31.1 Å². The third kappa shape index (κ3) is 2.38. The van der Waals surface area contributed by atoms with Gasteiger partial charge in [-0.1, -0.05) is 12.2 Å². The van der Waals surface area contributed by atoms with E-state index in [4.69, 9.17) is 4.42 Å². The minimum absolute atomic E-state index is 0.0717. The van der Waals surface area contributed by atoms with Gasteiger partial charge in [-0.2, -0.15) is 0 Å². The van der Waals surface area contributed by atoms with Gasteiger partial charge in [-0.25, -0.2) is 0 Å². The maximum Gasteiger partial charge on any atom is 0.246 e. The molecule has 6 heteroatoms. The number of likely N-dealkylation sites (tertiary alicyclic amines) is 2. The van der Waals surface area contributed by atoms with E-state index in [1.807, 2.05) is 12.2 Å². The fraction of sp³-hybridized carbons (Fsp3) is 0.389. The van der Waals surface area contributed by atoms with Crippen LogP contribution in [0.5, 0.6) is 0 Å². The number of carbonyl (C=O) groups excluding carboxylic acids is 3. The fourth-order valence-corrected chi connectivity index (χ4v) is 3.63. The monoisotopic (exact) mass is 326 g/mol. The van der Waals surface area contributed by atoms with Crippen molar-refractivity contribution in [3.8, 4) is 0 Å². The van der Waals surface area contributed by atoms with Crippen LogP contribution in [0, 0.1) is 11.8 Å². The predicted molar refractivity (Wildman–Crippen MR) is 85.3 cm³/mol. The molecule has 2 fully saturated rings. The Hall–Kier alpha value is -2.63. The lowest BCUT2D eigenvalue weighted by molar-refractivity contribution is -0.151. The fourth-order valence-electron chi connectivity index (χ4n) is 3.63. The third-order valence-electron chi connectivity index (χ3n) is 5.01. The summed E-state index contributed by atoms with van der Waals surface area (Å²) >= 11 is 0. The second-order valence-electron chi connectivity index (χ2n) is 6.45. The molecule has 3 amide bonds. The molecule has 0 N–H and O–H groups in total. The smallest absolute Gasteiger partial charge is 0.246 e. The van der Waals surface area contributed by atoms with Crippen LogP contribution in [0.3, 0.4) is 0 Å². The highest BCUT2D eigenvalue weighted by Gasteiger charge is 2.52. The van der Waals surface area contributed by atoms with E-state index in [9.17, 15) is 14.4 Å². The van der Waals surface area contributed by atoms with Crippen LogP contribution in [0.4, 0.5) is 0 Å². The highest BCUT2D eigenvalue weighted by Crippen LogP contribution is 2.37. The standard InChI is InChI=1S/C18H18N2O4/c21-16(8-7-13-4-3-9-24-13)19-10-12(11-19)20-17(22)14-5-1-2-6-15(14)18(20)23/h1-4,7-9,12,14-15H,5-6,10-11H2. The van der Waals surface area contributed by atoms with E-state index in [0.717, 1.165) is 0 Å². The van der Waals surface area contributed by atoms with Crippen LogP contribution in [-0.4, -0.2) is 46.7 Å². The first-order chi connectivity index (χ1) is 11.6. The van der Waals surface area contributed by atoms with Crippen molar-refractivity contribution >= 4 is 23.8 Å². The lowest BCUT2D eigenvalue weighted by atomic mass is 9.85. The Labute approximate surface area is 139 Å². The molecule has 0 saturated carbocycles. The molecule has 124 valence electrons. The van der Waals surface area contributed by atoms with Gasteiger partial charge in [-0.15, -0.1) is 0 Å². The predicted octanol–water partition coefficient (Wildman–Crippen LogP) is 1.45. The topological polar surface area (TPSA) is 70.8 Å². The van der Waals surface area contributed by atoms with E-state index >= 15 is 0 Å². The van der Waals surface area contributed by atoms with Crippen molar-refractivity contribution in [1.82, 2.24) is 9.80 Å². The maximum absolute atomic E-state index is 12.5. The van der Waals surface area contributed by atoms with E-state index in [1.165, 1.54) is 11.0 Å². The Morgan fingerprint density at radius 2 is 1.79 bits per heavy atom. The molecule has 0 radical (unpaired) electrons. The second-order valence-corrected chi connectivity index (χ2v) is 6.45. The van der Waals surface area contributed by atoms with Gasteiger partial charge in [0.05, 0.1) is 24.1 Å². The molecule has 1 aromatic rings. The number of furan rings is 1. The third-order valence-corrected chi connectivity index (χ3v) is 5.01. The lowest BCUT2D eigenvalue weighted by Crippen LogP contribution is -2.62. The number of carbonyl (C=O) groups is 3. The summed E-state index contributed by atoms with van der Waals surface area (Å²) in [5.41, 5.74) is 0. The van der Waals surface area contributed by atoms with Gasteiger partial charge in [0.15, 0.2) is 0 Å². The number of allylic oxidation sites excluding steroid dienone is 2. The first kappa shape index (κ1) is 14.9. The quantitative estimate of drug-likeness (QED) is 0.479. The summed E-state index contributed by atoms with van der Waals surface area (Å²) in [7, 11) is 0. The van der Waals surface area contributed by atoms with Crippen molar-refractivity contribution in [2.75, 3.05) is 13.1 Å². The Morgan fingerprint density at radius 3 is 2.38 bits per heavy atom. The minimum atomic E-state index is -0.203. The molecule has 6 nitrogen and oxygen atoms in total. The summed E-state index contributed by atoms with van der Waals surface area (Å²) in [6, 6.07) is 3.33. The number of rotatable bonds is 3. The number of amides is 3. The van der Waals surface area contributed by atoms with Crippen LogP contribution in [0.15, 0.2) is 41.0 Å². The zero-order valence-electron chi connectivity index (χ0n) is 13.1. The summed E-state index contributed by atoms with van der Waals surface area (Å²) in [6.45, 7) is 0.817. The van der Waals surface area contributed by atoms with Crippen LogP contribution in [-0.2, 0) is 14.4 Å². The Bertz CT molecular complexity index is 702. The largest absolute Gasteiger partial charge is 0.465 e. The van der Waals surface area contributed by atoms with Gasteiger partial charge in [0, 0.05) is 19.2 Å². The molecule has 0 aromatic carbocycles. The normalized spacial score (nSPS) is 27.0. The van der Waals surface area contributed by atoms with Gasteiger partial charge in [0.1, 0.15) is 5.76 Å². The van der Waals surface area contributed by atoms with E-state index in [-0.39, 0.29) is 35.6 Å². The molecule has 2 aliphatic heterocycles. The summed E-state index contributed by atoms with van der Waals surface area (Å²) < 4.78 is 5.14. The highest BCUT2D eigenvalue weighted by molar-refractivity contribution is 6.06. The average Bonchev–Trinajstić information content (AvgIpc) is 3.15. The van der Waals surface area contributed by atoms with Crippen LogP contribution in [0.1, 0.15) is 18.6 Å². The van der Waals surface area contributed by atoms with Gasteiger partial charge in [0.25, 0.3) is 0 Å². The van der Waals surface area contributed by atoms with E-state index < -0.39 is 0 Å².